The normalized spacial score (nSPS) is 21.9. The Morgan fingerprint density at radius 3 is 2.74 bits per heavy atom. The van der Waals surface area contributed by atoms with Crippen LogP contribution in [0.3, 0.4) is 0 Å². The molecule has 35 heavy (non-hydrogen) atoms. The molecule has 2 N–H and O–H groups in total. The van der Waals surface area contributed by atoms with Crippen molar-refractivity contribution >= 4 is 16.8 Å². The number of likely N-dealkylation sites (tertiary alicyclic amines) is 1. The summed E-state index contributed by atoms with van der Waals surface area (Å²) < 4.78 is 5.49. The molecule has 0 unspecified atom stereocenters. The Morgan fingerprint density at radius 1 is 1.23 bits per heavy atom. The highest BCUT2D eigenvalue weighted by atomic mass is 16.5. The van der Waals surface area contributed by atoms with Crippen molar-refractivity contribution in [3.8, 4) is 5.75 Å². The fourth-order valence-corrected chi connectivity index (χ4v) is 6.27. The van der Waals surface area contributed by atoms with Gasteiger partial charge in [-0.2, -0.15) is 0 Å². The molecule has 4 heterocycles. The first-order valence-electron chi connectivity index (χ1n) is 12.8. The van der Waals surface area contributed by atoms with Gasteiger partial charge in [0.2, 0.25) is 5.91 Å². The summed E-state index contributed by atoms with van der Waals surface area (Å²) in [5.41, 5.74) is 4.37. The summed E-state index contributed by atoms with van der Waals surface area (Å²) >= 11 is 0. The van der Waals surface area contributed by atoms with Gasteiger partial charge in [0, 0.05) is 66.9 Å². The van der Waals surface area contributed by atoms with Crippen molar-refractivity contribution in [2.75, 3.05) is 33.4 Å². The van der Waals surface area contributed by atoms with E-state index in [1.165, 1.54) is 23.8 Å². The molecule has 0 radical (unpaired) electrons. The summed E-state index contributed by atoms with van der Waals surface area (Å²) in [6.45, 7) is 3.12. The number of carbonyl (C=O) groups is 1. The van der Waals surface area contributed by atoms with Crippen LogP contribution in [0.2, 0.25) is 0 Å². The third-order valence-electron chi connectivity index (χ3n) is 8.34. The molecule has 0 bridgehead atoms. The lowest BCUT2D eigenvalue weighted by Gasteiger charge is -2.50. The summed E-state index contributed by atoms with van der Waals surface area (Å²) in [6, 6.07) is 12.1. The van der Waals surface area contributed by atoms with Gasteiger partial charge in [-0.15, -0.1) is 0 Å². The second kappa shape index (κ2) is 8.95. The first-order chi connectivity index (χ1) is 17.1. The van der Waals surface area contributed by atoms with E-state index < -0.39 is 0 Å². The largest absolute Gasteiger partial charge is 0.497 e. The lowest BCUT2D eigenvalue weighted by atomic mass is 9.68. The minimum atomic E-state index is -0.134. The third kappa shape index (κ3) is 4.10. The number of aromatic amines is 1. The Kier molecular flexibility index (Phi) is 5.77. The molecule has 1 spiro atoms. The highest BCUT2D eigenvalue weighted by molar-refractivity contribution is 5.88. The lowest BCUT2D eigenvalue weighted by molar-refractivity contribution is -0.133. The number of hydrogen-bond donors (Lipinski definition) is 2. The summed E-state index contributed by atoms with van der Waals surface area (Å²) in [6.07, 6.45) is 6.79. The van der Waals surface area contributed by atoms with Crippen molar-refractivity contribution in [3.05, 3.63) is 59.5 Å². The van der Waals surface area contributed by atoms with Gasteiger partial charge in [0.1, 0.15) is 5.75 Å². The minimum Gasteiger partial charge on any atom is -0.497 e. The van der Waals surface area contributed by atoms with E-state index in [4.69, 9.17) is 4.74 Å². The maximum atomic E-state index is 12.9. The second-order valence-electron chi connectivity index (χ2n) is 10.6. The number of benzene rings is 1. The molecule has 3 aliphatic rings. The molecule has 7 nitrogen and oxygen atoms in total. The molecular weight excluding hydrogens is 440 g/mol. The number of aromatic nitrogens is 2. The van der Waals surface area contributed by atoms with Crippen LogP contribution in [0.5, 0.6) is 5.75 Å². The number of nitrogens with one attached hydrogen (secondary N) is 1. The van der Waals surface area contributed by atoms with Crippen molar-refractivity contribution in [1.82, 2.24) is 19.8 Å². The number of amides is 1. The molecule has 2 aliphatic heterocycles. The molecule has 1 saturated carbocycles. The molecule has 2 fully saturated rings. The van der Waals surface area contributed by atoms with Gasteiger partial charge in [0.05, 0.1) is 25.5 Å². The van der Waals surface area contributed by atoms with E-state index in [-0.39, 0.29) is 18.1 Å². The van der Waals surface area contributed by atoms with Crippen molar-refractivity contribution < 1.29 is 14.6 Å². The molecule has 2 aromatic heterocycles. The van der Waals surface area contributed by atoms with E-state index in [2.05, 4.69) is 25.8 Å². The van der Waals surface area contributed by atoms with Crippen LogP contribution >= 0.6 is 0 Å². The van der Waals surface area contributed by atoms with Gasteiger partial charge >= 0.3 is 0 Å². The molecule has 1 aromatic carbocycles. The Morgan fingerprint density at radius 2 is 2.06 bits per heavy atom. The predicted molar refractivity (Wildman–Crippen MR) is 134 cm³/mol. The Hall–Kier alpha value is -2.90. The highest BCUT2D eigenvalue weighted by Gasteiger charge is 2.48. The van der Waals surface area contributed by atoms with Crippen LogP contribution in [0.1, 0.15) is 55.1 Å². The number of pyridine rings is 1. The SMILES string of the molecule is COc1ccc2c3c([nH]c2c1)[C@@H](CO)N(Cc1ccccn1)CC31CCN(C(=O)CC2CC2)CC1. The number of rotatable bonds is 6. The number of ether oxygens (including phenoxy) is 1. The molecule has 6 rings (SSSR count). The first kappa shape index (κ1) is 22.6. The Bertz CT molecular complexity index is 1210. The molecule has 1 amide bonds. The van der Waals surface area contributed by atoms with Gasteiger partial charge in [0.25, 0.3) is 0 Å². The maximum absolute atomic E-state index is 12.9. The van der Waals surface area contributed by atoms with E-state index in [1.807, 2.05) is 36.5 Å². The molecule has 1 atom stereocenters. The number of nitrogens with zero attached hydrogens (tertiary/aromatic N) is 3. The van der Waals surface area contributed by atoms with Crippen LogP contribution < -0.4 is 4.74 Å². The predicted octanol–water partition coefficient (Wildman–Crippen LogP) is 3.78. The summed E-state index contributed by atoms with van der Waals surface area (Å²) in [5, 5.41) is 11.7. The smallest absolute Gasteiger partial charge is 0.222 e. The Balaban J connectivity index is 1.38. The summed E-state index contributed by atoms with van der Waals surface area (Å²) in [4.78, 5) is 25.5. The van der Waals surface area contributed by atoms with Crippen molar-refractivity contribution in [2.24, 2.45) is 5.92 Å². The monoisotopic (exact) mass is 474 g/mol. The minimum absolute atomic E-state index is 0.0336. The number of hydrogen-bond acceptors (Lipinski definition) is 5. The van der Waals surface area contributed by atoms with E-state index >= 15 is 0 Å². The van der Waals surface area contributed by atoms with E-state index in [0.29, 0.717) is 24.8 Å². The van der Waals surface area contributed by atoms with Gasteiger partial charge in [-0.25, -0.2) is 0 Å². The van der Waals surface area contributed by atoms with Gasteiger partial charge in [-0.05, 0) is 61.4 Å². The lowest BCUT2D eigenvalue weighted by Crippen LogP contribution is -2.54. The van der Waals surface area contributed by atoms with Gasteiger partial charge in [-0.3, -0.25) is 14.7 Å². The number of piperidine rings is 1. The van der Waals surface area contributed by atoms with Gasteiger partial charge < -0.3 is 19.7 Å². The van der Waals surface area contributed by atoms with E-state index in [0.717, 1.165) is 55.1 Å². The maximum Gasteiger partial charge on any atom is 0.222 e. The number of fused-ring (bicyclic) bond motifs is 4. The highest BCUT2D eigenvalue weighted by Crippen LogP contribution is 2.49. The zero-order chi connectivity index (χ0) is 24.0. The quantitative estimate of drug-likeness (QED) is 0.568. The second-order valence-corrected chi connectivity index (χ2v) is 10.6. The first-order valence-corrected chi connectivity index (χ1v) is 12.8. The van der Waals surface area contributed by atoms with Crippen LogP contribution in [0.4, 0.5) is 0 Å². The number of H-pyrrole nitrogens is 1. The fourth-order valence-electron chi connectivity index (χ4n) is 6.27. The van der Waals surface area contributed by atoms with Crippen molar-refractivity contribution in [3.63, 3.8) is 0 Å². The third-order valence-corrected chi connectivity index (χ3v) is 8.34. The van der Waals surface area contributed by atoms with Crippen molar-refractivity contribution in [1.29, 1.82) is 0 Å². The molecule has 184 valence electrons. The molecular formula is C28H34N4O3. The van der Waals surface area contributed by atoms with E-state index in [1.54, 1.807) is 7.11 Å². The molecule has 7 heteroatoms. The summed E-state index contributed by atoms with van der Waals surface area (Å²) in [5.74, 6) is 1.75. The average Bonchev–Trinajstić information content (AvgIpc) is 3.61. The van der Waals surface area contributed by atoms with Gasteiger partial charge in [-0.1, -0.05) is 6.07 Å². The van der Waals surface area contributed by atoms with Crippen LogP contribution in [-0.2, 0) is 16.8 Å². The number of aliphatic hydroxyl groups excluding tert-OH is 1. The molecule has 1 saturated heterocycles. The van der Waals surface area contributed by atoms with Crippen LogP contribution in [0, 0.1) is 5.92 Å². The van der Waals surface area contributed by atoms with Crippen LogP contribution in [0.15, 0.2) is 42.6 Å². The van der Waals surface area contributed by atoms with Gasteiger partial charge in [0.15, 0.2) is 0 Å². The zero-order valence-corrected chi connectivity index (χ0v) is 20.4. The zero-order valence-electron chi connectivity index (χ0n) is 20.4. The van der Waals surface area contributed by atoms with E-state index in [9.17, 15) is 9.90 Å². The molecule has 3 aromatic rings. The fraction of sp³-hybridized carbons (Fsp3) is 0.500. The number of aliphatic hydroxyl groups is 1. The molecule has 1 aliphatic carbocycles. The Labute approximate surface area is 206 Å². The standard InChI is InChI=1S/C28H34N4O3/c1-35-21-7-8-22-23(15-21)30-27-24(17-33)32(16-20-4-2-3-11-29-20)18-28(26(22)27)9-12-31(13-10-28)25(34)14-19-5-6-19/h2-4,7-8,11,15,19,24,30,33H,5-6,9-10,12-14,16-18H2,1H3/t24-/m1/s1. The average molecular weight is 475 g/mol. The topological polar surface area (TPSA) is 81.7 Å². The van der Waals surface area contributed by atoms with Crippen LogP contribution in [-0.4, -0.2) is 64.1 Å². The van der Waals surface area contributed by atoms with Crippen molar-refractivity contribution in [2.45, 2.75) is 50.1 Å². The number of methoxy groups -OCH3 is 1. The summed E-state index contributed by atoms with van der Waals surface area (Å²) in [7, 11) is 1.69. The number of carbonyl (C=O) groups excluding carboxylic acids is 1. The van der Waals surface area contributed by atoms with Crippen LogP contribution in [0.25, 0.3) is 10.9 Å².